The number of ether oxygens (including phenoxy) is 1. The molecule has 1 saturated heterocycles. The topological polar surface area (TPSA) is 37.4 Å². The number of likely N-dealkylation sites (tertiary alicyclic amines) is 1. The molecular weight excluding hydrogens is 306 g/mol. The number of piperidine rings is 1. The normalized spacial score (nSPS) is 17.1. The van der Waals surface area contributed by atoms with Crippen molar-refractivity contribution in [2.75, 3.05) is 26.7 Å². The Morgan fingerprint density at radius 2 is 2.00 bits per heavy atom. The summed E-state index contributed by atoms with van der Waals surface area (Å²) in [5.74, 6) is 0.918. The molecule has 23 heavy (non-hydrogen) atoms. The molecule has 1 aliphatic rings. The van der Waals surface area contributed by atoms with Gasteiger partial charge in [0.15, 0.2) is 0 Å². The Hall–Kier alpha value is -1.43. The predicted molar refractivity (Wildman–Crippen MR) is 95.0 cm³/mol. The van der Waals surface area contributed by atoms with Crippen molar-refractivity contribution in [2.45, 2.75) is 31.8 Å². The van der Waals surface area contributed by atoms with Crippen molar-refractivity contribution in [3.8, 4) is 5.75 Å². The Kier molecular flexibility index (Phi) is 6.02. The number of hydrogen-bond acceptors (Lipinski definition) is 5. The molecule has 1 fully saturated rings. The lowest BCUT2D eigenvalue weighted by Crippen LogP contribution is -2.39. The number of hydrogen-bond donors (Lipinski definition) is 1. The van der Waals surface area contributed by atoms with E-state index >= 15 is 0 Å². The molecule has 2 aromatic rings. The molecule has 0 spiro atoms. The molecule has 0 aliphatic carbocycles. The standard InChI is InChI=1S/C18H25N3OS/c1-22-17-7-5-15(6-8-17)18(21-9-3-2-4-10-21)12-19-11-16-13-23-14-20-16/h5-8,13-14,18-19H,2-4,9-12H2,1H3. The van der Waals surface area contributed by atoms with Gasteiger partial charge in [0.25, 0.3) is 0 Å². The van der Waals surface area contributed by atoms with E-state index in [9.17, 15) is 0 Å². The van der Waals surface area contributed by atoms with Crippen LogP contribution in [0.4, 0.5) is 0 Å². The summed E-state index contributed by atoms with van der Waals surface area (Å²) in [6.07, 6.45) is 3.97. The van der Waals surface area contributed by atoms with Crippen molar-refractivity contribution in [3.63, 3.8) is 0 Å². The highest BCUT2D eigenvalue weighted by Crippen LogP contribution is 2.26. The third-order valence-corrected chi connectivity index (χ3v) is 5.09. The lowest BCUT2D eigenvalue weighted by molar-refractivity contribution is 0.160. The first-order valence-electron chi connectivity index (χ1n) is 8.32. The zero-order valence-corrected chi connectivity index (χ0v) is 14.5. The van der Waals surface area contributed by atoms with E-state index in [-0.39, 0.29) is 0 Å². The minimum atomic E-state index is 0.417. The van der Waals surface area contributed by atoms with Gasteiger partial charge < -0.3 is 10.1 Å². The number of aromatic nitrogens is 1. The van der Waals surface area contributed by atoms with E-state index in [2.05, 4.69) is 44.8 Å². The van der Waals surface area contributed by atoms with Gasteiger partial charge in [0.05, 0.1) is 18.3 Å². The van der Waals surface area contributed by atoms with Gasteiger partial charge in [-0.25, -0.2) is 4.98 Å². The molecule has 0 saturated carbocycles. The monoisotopic (exact) mass is 331 g/mol. The average Bonchev–Trinajstić information content (AvgIpc) is 3.13. The molecule has 0 radical (unpaired) electrons. The number of rotatable bonds is 7. The first kappa shape index (κ1) is 16.4. The zero-order chi connectivity index (χ0) is 15.9. The number of thiazole rings is 1. The maximum atomic E-state index is 5.29. The molecule has 1 aliphatic heterocycles. The van der Waals surface area contributed by atoms with Gasteiger partial charge in [-0.3, -0.25) is 4.90 Å². The Labute approximate surface area is 142 Å². The molecule has 4 nitrogen and oxygen atoms in total. The quantitative estimate of drug-likeness (QED) is 0.843. The summed E-state index contributed by atoms with van der Waals surface area (Å²) < 4.78 is 5.29. The van der Waals surface area contributed by atoms with Crippen molar-refractivity contribution < 1.29 is 4.74 Å². The van der Waals surface area contributed by atoms with Crippen LogP contribution in [-0.2, 0) is 6.54 Å². The van der Waals surface area contributed by atoms with Crippen molar-refractivity contribution in [3.05, 3.63) is 46.4 Å². The van der Waals surface area contributed by atoms with Gasteiger partial charge in [0, 0.05) is 24.5 Å². The van der Waals surface area contributed by atoms with Gasteiger partial charge in [-0.1, -0.05) is 18.6 Å². The summed E-state index contributed by atoms with van der Waals surface area (Å²) >= 11 is 1.65. The zero-order valence-electron chi connectivity index (χ0n) is 13.7. The molecule has 124 valence electrons. The molecule has 0 amide bonds. The predicted octanol–water partition coefficient (Wildman–Crippen LogP) is 3.47. The minimum Gasteiger partial charge on any atom is -0.497 e. The van der Waals surface area contributed by atoms with Crippen LogP contribution in [0.5, 0.6) is 5.75 Å². The van der Waals surface area contributed by atoms with Crippen LogP contribution in [0.15, 0.2) is 35.2 Å². The van der Waals surface area contributed by atoms with E-state index in [1.54, 1.807) is 18.4 Å². The Morgan fingerprint density at radius 1 is 1.22 bits per heavy atom. The van der Waals surface area contributed by atoms with Crippen LogP contribution >= 0.6 is 11.3 Å². The Bertz CT molecular complexity index is 564. The number of methoxy groups -OCH3 is 1. The molecule has 1 aromatic heterocycles. The van der Waals surface area contributed by atoms with Gasteiger partial charge in [-0.2, -0.15) is 0 Å². The van der Waals surface area contributed by atoms with Crippen molar-refractivity contribution in [2.24, 2.45) is 0 Å². The fourth-order valence-electron chi connectivity index (χ4n) is 3.18. The van der Waals surface area contributed by atoms with Gasteiger partial charge in [-0.05, 0) is 43.6 Å². The second-order valence-corrected chi connectivity index (χ2v) is 6.71. The van der Waals surface area contributed by atoms with Crippen LogP contribution in [0, 0.1) is 0 Å². The lowest BCUT2D eigenvalue weighted by atomic mass is 10.0. The lowest BCUT2D eigenvalue weighted by Gasteiger charge is -2.35. The van der Waals surface area contributed by atoms with Crippen molar-refractivity contribution in [1.29, 1.82) is 0 Å². The van der Waals surface area contributed by atoms with Gasteiger partial charge in [-0.15, -0.1) is 11.3 Å². The second-order valence-electron chi connectivity index (χ2n) is 6.00. The molecule has 5 heteroatoms. The van der Waals surface area contributed by atoms with Gasteiger partial charge in [0.1, 0.15) is 5.75 Å². The summed E-state index contributed by atoms with van der Waals surface area (Å²) in [6.45, 7) is 4.16. The molecule has 2 heterocycles. The number of benzene rings is 1. The highest BCUT2D eigenvalue weighted by atomic mass is 32.1. The summed E-state index contributed by atoms with van der Waals surface area (Å²) in [4.78, 5) is 6.96. The van der Waals surface area contributed by atoms with Crippen molar-refractivity contribution in [1.82, 2.24) is 15.2 Å². The van der Waals surface area contributed by atoms with E-state index in [0.29, 0.717) is 6.04 Å². The molecule has 3 rings (SSSR count). The highest BCUT2D eigenvalue weighted by molar-refractivity contribution is 7.07. The molecule has 1 aromatic carbocycles. The SMILES string of the molecule is COc1ccc(C(CNCc2cscn2)N2CCCCC2)cc1. The summed E-state index contributed by atoms with van der Waals surface area (Å²) in [7, 11) is 1.71. The summed E-state index contributed by atoms with van der Waals surface area (Å²) in [5.41, 5.74) is 4.38. The third-order valence-electron chi connectivity index (χ3n) is 4.46. The maximum absolute atomic E-state index is 5.29. The highest BCUT2D eigenvalue weighted by Gasteiger charge is 2.22. The summed E-state index contributed by atoms with van der Waals surface area (Å²) in [6, 6.07) is 8.94. The van der Waals surface area contributed by atoms with Crippen LogP contribution in [0.2, 0.25) is 0 Å². The molecule has 1 atom stereocenters. The fraction of sp³-hybridized carbons (Fsp3) is 0.500. The van der Waals surface area contributed by atoms with Crippen LogP contribution in [0.1, 0.15) is 36.6 Å². The molecular formula is C18H25N3OS. The smallest absolute Gasteiger partial charge is 0.118 e. The van der Waals surface area contributed by atoms with E-state index in [0.717, 1.165) is 24.5 Å². The van der Waals surface area contributed by atoms with E-state index in [1.165, 1.54) is 37.9 Å². The average molecular weight is 331 g/mol. The number of nitrogens with zero attached hydrogens (tertiary/aromatic N) is 2. The van der Waals surface area contributed by atoms with Crippen LogP contribution in [0.25, 0.3) is 0 Å². The first-order chi connectivity index (χ1) is 11.4. The second kappa shape index (κ2) is 8.43. The molecule has 0 bridgehead atoms. The number of nitrogens with one attached hydrogen (secondary N) is 1. The molecule has 1 unspecified atom stereocenters. The minimum absolute atomic E-state index is 0.417. The first-order valence-corrected chi connectivity index (χ1v) is 9.27. The van der Waals surface area contributed by atoms with Gasteiger partial charge in [0.2, 0.25) is 0 Å². The van der Waals surface area contributed by atoms with Crippen LogP contribution < -0.4 is 10.1 Å². The van der Waals surface area contributed by atoms with Gasteiger partial charge >= 0.3 is 0 Å². The van der Waals surface area contributed by atoms with Crippen LogP contribution in [0.3, 0.4) is 0 Å². The molecule has 1 N–H and O–H groups in total. The Balaban J connectivity index is 1.66. The largest absolute Gasteiger partial charge is 0.497 e. The van der Waals surface area contributed by atoms with E-state index < -0.39 is 0 Å². The third kappa shape index (κ3) is 4.53. The van der Waals surface area contributed by atoms with Crippen LogP contribution in [-0.4, -0.2) is 36.6 Å². The van der Waals surface area contributed by atoms with E-state index in [1.807, 2.05) is 5.51 Å². The van der Waals surface area contributed by atoms with E-state index in [4.69, 9.17) is 4.74 Å². The maximum Gasteiger partial charge on any atom is 0.118 e. The Morgan fingerprint density at radius 3 is 2.65 bits per heavy atom. The van der Waals surface area contributed by atoms with Crippen molar-refractivity contribution >= 4 is 11.3 Å². The fourth-order valence-corrected chi connectivity index (χ4v) is 3.73. The summed E-state index contributed by atoms with van der Waals surface area (Å²) in [5, 5.41) is 5.69.